The number of aromatic nitrogens is 3. The molecule has 3 heterocycles. The summed E-state index contributed by atoms with van der Waals surface area (Å²) in [5.74, 6) is 0.806. The lowest BCUT2D eigenvalue weighted by Gasteiger charge is -2.32. The van der Waals surface area contributed by atoms with Crippen LogP contribution < -0.4 is 15.2 Å². The highest BCUT2D eigenvalue weighted by Gasteiger charge is 2.29. The number of aryl methyl sites for hydroxylation is 3. The lowest BCUT2D eigenvalue weighted by Crippen LogP contribution is -2.45. The molecule has 0 amide bonds. The Labute approximate surface area is 145 Å². The third-order valence-electron chi connectivity index (χ3n) is 4.21. The van der Waals surface area contributed by atoms with Crippen LogP contribution in [0.5, 0.6) is 0 Å². The van der Waals surface area contributed by atoms with E-state index in [4.69, 9.17) is 4.52 Å². The number of nitrogens with one attached hydrogen (secondary N) is 2. The van der Waals surface area contributed by atoms with Gasteiger partial charge < -0.3 is 9.42 Å². The van der Waals surface area contributed by atoms with Crippen LogP contribution in [0, 0.1) is 20.8 Å². The Morgan fingerprint density at radius 2 is 1.96 bits per heavy atom. The molecule has 2 aromatic rings. The van der Waals surface area contributed by atoms with Gasteiger partial charge in [0.15, 0.2) is 5.76 Å². The zero-order valence-electron chi connectivity index (χ0n) is 14.4. The monoisotopic (exact) mass is 367 g/mol. The van der Waals surface area contributed by atoms with Crippen molar-refractivity contribution in [2.24, 2.45) is 0 Å². The summed E-state index contributed by atoms with van der Waals surface area (Å²) in [6.07, 6.45) is 1.22. The molecule has 0 aromatic carbocycles. The van der Waals surface area contributed by atoms with E-state index in [0.717, 1.165) is 0 Å². The Hall–Kier alpha value is -2.20. The standard InChI is InChI=1S/C15H21N5O4S/c1-9-8-13(21)17-15(16-9)20-6-4-12(5-7-20)19-25(22,23)14-10(2)18-24-11(14)3/h8,12,19H,4-7H2,1-3H3,(H,16,17,21). The number of piperidine rings is 1. The van der Waals surface area contributed by atoms with Crippen molar-refractivity contribution in [2.45, 2.75) is 44.6 Å². The fraction of sp³-hybridized carbons (Fsp3) is 0.533. The summed E-state index contributed by atoms with van der Waals surface area (Å²) in [6.45, 7) is 6.15. The molecular formula is C15H21N5O4S. The summed E-state index contributed by atoms with van der Waals surface area (Å²) in [5.41, 5.74) is 0.813. The number of rotatable bonds is 4. The van der Waals surface area contributed by atoms with Gasteiger partial charge in [-0.15, -0.1) is 0 Å². The van der Waals surface area contributed by atoms with Gasteiger partial charge in [0.2, 0.25) is 16.0 Å². The molecule has 25 heavy (non-hydrogen) atoms. The highest BCUT2D eigenvalue weighted by Crippen LogP contribution is 2.21. The third kappa shape index (κ3) is 3.74. The van der Waals surface area contributed by atoms with Crippen molar-refractivity contribution >= 4 is 16.0 Å². The molecule has 1 saturated heterocycles. The molecular weight excluding hydrogens is 346 g/mol. The maximum atomic E-state index is 12.6. The molecule has 0 saturated carbocycles. The lowest BCUT2D eigenvalue weighted by atomic mass is 10.1. The first-order valence-electron chi connectivity index (χ1n) is 8.04. The number of hydrogen-bond acceptors (Lipinski definition) is 7. The van der Waals surface area contributed by atoms with Crippen molar-refractivity contribution in [3.05, 3.63) is 33.6 Å². The molecule has 0 bridgehead atoms. The molecule has 0 aliphatic carbocycles. The molecule has 9 nitrogen and oxygen atoms in total. The quantitative estimate of drug-likeness (QED) is 0.813. The molecule has 0 unspecified atom stereocenters. The van der Waals surface area contributed by atoms with E-state index in [1.54, 1.807) is 20.8 Å². The minimum atomic E-state index is -3.67. The largest absolute Gasteiger partial charge is 0.360 e. The predicted octanol–water partition coefficient (Wildman–Crippen LogP) is 0.630. The van der Waals surface area contributed by atoms with E-state index >= 15 is 0 Å². The first-order chi connectivity index (χ1) is 11.8. The van der Waals surface area contributed by atoms with Crippen molar-refractivity contribution in [3.8, 4) is 0 Å². The normalized spacial score (nSPS) is 16.4. The summed E-state index contributed by atoms with van der Waals surface area (Å²) in [6, 6.07) is 1.25. The number of anilines is 1. The second kappa shape index (κ2) is 6.60. The SMILES string of the molecule is Cc1cc(=O)[nH]c(N2CCC(NS(=O)(=O)c3c(C)noc3C)CC2)n1. The van der Waals surface area contributed by atoms with Gasteiger partial charge in [0, 0.05) is 30.9 Å². The molecule has 1 aliphatic rings. The van der Waals surface area contributed by atoms with Crippen molar-refractivity contribution in [3.63, 3.8) is 0 Å². The van der Waals surface area contributed by atoms with Crippen LogP contribution in [-0.4, -0.2) is 42.7 Å². The van der Waals surface area contributed by atoms with Crippen molar-refractivity contribution in [1.29, 1.82) is 0 Å². The topological polar surface area (TPSA) is 121 Å². The van der Waals surface area contributed by atoms with E-state index < -0.39 is 10.0 Å². The van der Waals surface area contributed by atoms with Crippen LogP contribution in [0.3, 0.4) is 0 Å². The summed E-state index contributed by atoms with van der Waals surface area (Å²) < 4.78 is 32.8. The van der Waals surface area contributed by atoms with Crippen molar-refractivity contribution in [1.82, 2.24) is 19.8 Å². The van der Waals surface area contributed by atoms with Gasteiger partial charge in [-0.25, -0.2) is 18.1 Å². The van der Waals surface area contributed by atoms with E-state index in [1.165, 1.54) is 6.07 Å². The van der Waals surface area contributed by atoms with E-state index in [1.807, 2.05) is 4.90 Å². The first kappa shape index (κ1) is 17.6. The van der Waals surface area contributed by atoms with Gasteiger partial charge in [-0.1, -0.05) is 5.16 Å². The Balaban J connectivity index is 1.67. The van der Waals surface area contributed by atoms with Gasteiger partial charge in [-0.2, -0.15) is 0 Å². The molecule has 0 radical (unpaired) electrons. The van der Waals surface area contributed by atoms with Gasteiger partial charge in [-0.3, -0.25) is 9.78 Å². The van der Waals surface area contributed by atoms with Crippen LogP contribution >= 0.6 is 0 Å². The minimum absolute atomic E-state index is 0.111. The fourth-order valence-corrected chi connectivity index (χ4v) is 4.69. The fourth-order valence-electron chi connectivity index (χ4n) is 3.06. The molecule has 2 aromatic heterocycles. The Morgan fingerprint density at radius 1 is 1.28 bits per heavy atom. The average Bonchev–Trinajstić information content (AvgIpc) is 2.86. The van der Waals surface area contributed by atoms with E-state index in [9.17, 15) is 13.2 Å². The van der Waals surface area contributed by atoms with Gasteiger partial charge in [-0.05, 0) is 33.6 Å². The van der Waals surface area contributed by atoms with Gasteiger partial charge in [0.1, 0.15) is 10.6 Å². The van der Waals surface area contributed by atoms with Crippen LogP contribution in [0.25, 0.3) is 0 Å². The van der Waals surface area contributed by atoms with Crippen molar-refractivity contribution < 1.29 is 12.9 Å². The maximum absolute atomic E-state index is 12.6. The average molecular weight is 367 g/mol. The molecule has 3 rings (SSSR count). The van der Waals surface area contributed by atoms with E-state index in [0.29, 0.717) is 43.3 Å². The van der Waals surface area contributed by atoms with Crippen LogP contribution in [0.15, 0.2) is 20.3 Å². The molecule has 0 spiro atoms. The molecule has 1 aliphatic heterocycles. The highest BCUT2D eigenvalue weighted by molar-refractivity contribution is 7.89. The summed E-state index contributed by atoms with van der Waals surface area (Å²) in [7, 11) is -3.67. The number of aromatic amines is 1. The zero-order valence-corrected chi connectivity index (χ0v) is 15.2. The van der Waals surface area contributed by atoms with Crippen molar-refractivity contribution in [2.75, 3.05) is 18.0 Å². The Kier molecular flexibility index (Phi) is 4.65. The molecule has 2 N–H and O–H groups in total. The summed E-state index contributed by atoms with van der Waals surface area (Å²) in [4.78, 5) is 20.7. The number of sulfonamides is 1. The van der Waals surface area contributed by atoms with Crippen LogP contribution in [-0.2, 0) is 10.0 Å². The summed E-state index contributed by atoms with van der Waals surface area (Å²) in [5, 5.41) is 3.70. The van der Waals surface area contributed by atoms with E-state index in [-0.39, 0.29) is 22.3 Å². The van der Waals surface area contributed by atoms with Gasteiger partial charge in [0.05, 0.1) is 0 Å². The summed E-state index contributed by atoms with van der Waals surface area (Å²) >= 11 is 0. The first-order valence-corrected chi connectivity index (χ1v) is 9.52. The van der Waals surface area contributed by atoms with Crippen LogP contribution in [0.4, 0.5) is 5.95 Å². The number of nitrogens with zero attached hydrogens (tertiary/aromatic N) is 3. The minimum Gasteiger partial charge on any atom is -0.360 e. The van der Waals surface area contributed by atoms with E-state index in [2.05, 4.69) is 19.8 Å². The lowest BCUT2D eigenvalue weighted by molar-refractivity contribution is 0.390. The molecule has 1 fully saturated rings. The second-order valence-corrected chi connectivity index (χ2v) is 7.90. The predicted molar refractivity (Wildman–Crippen MR) is 91.1 cm³/mol. The zero-order chi connectivity index (χ0) is 18.2. The molecule has 0 atom stereocenters. The Bertz CT molecular complexity index is 906. The maximum Gasteiger partial charge on any atom is 0.252 e. The Morgan fingerprint density at radius 3 is 2.52 bits per heavy atom. The highest BCUT2D eigenvalue weighted by atomic mass is 32.2. The van der Waals surface area contributed by atoms with Gasteiger partial charge >= 0.3 is 0 Å². The molecule has 10 heteroatoms. The van der Waals surface area contributed by atoms with Crippen LogP contribution in [0.2, 0.25) is 0 Å². The smallest absolute Gasteiger partial charge is 0.252 e. The third-order valence-corrected chi connectivity index (χ3v) is 5.97. The van der Waals surface area contributed by atoms with Gasteiger partial charge in [0.25, 0.3) is 5.56 Å². The second-order valence-electron chi connectivity index (χ2n) is 6.25. The number of H-pyrrole nitrogens is 1. The molecule has 136 valence electrons. The van der Waals surface area contributed by atoms with Crippen LogP contribution in [0.1, 0.15) is 30.0 Å². The number of hydrogen-bond donors (Lipinski definition) is 2.